The Morgan fingerprint density at radius 1 is 1.00 bits per heavy atom. The molecule has 1 radical (unpaired) electrons. The van der Waals surface area contributed by atoms with Crippen LogP contribution in [0.15, 0.2) is 56.1 Å². The van der Waals surface area contributed by atoms with Gasteiger partial charge in [0.15, 0.2) is 5.69 Å². The van der Waals surface area contributed by atoms with E-state index in [0.29, 0.717) is 21.5 Å². The molecule has 2 heterocycles. The Morgan fingerprint density at radius 3 is 2.23 bits per heavy atom. The standard InChI is InChI=1S/C21H13Br3F3N4/c1-11-3-5-13(6-4-11)18-17(23)19(21(25,26)27)28-31(18)14-7-8-16(12(2)9-14)30-10-15(22)20(24)29-30/h3-6,8-10H,1-2H3. The zero-order chi connectivity index (χ0) is 22.5. The van der Waals surface area contributed by atoms with Crippen LogP contribution in [0.3, 0.4) is 0 Å². The van der Waals surface area contributed by atoms with Crippen LogP contribution in [0.1, 0.15) is 16.8 Å². The minimum absolute atomic E-state index is 0.112. The lowest BCUT2D eigenvalue weighted by Crippen LogP contribution is -2.08. The molecule has 4 aromatic rings. The third-order valence-electron chi connectivity index (χ3n) is 4.64. The predicted molar refractivity (Wildman–Crippen MR) is 123 cm³/mol. The Kier molecular flexibility index (Phi) is 5.91. The number of benzene rings is 2. The van der Waals surface area contributed by atoms with E-state index in [9.17, 15) is 13.2 Å². The SMILES string of the molecule is Cc1ccc(-c2c(Br)c(C(F)(F)F)nn2-c2[c]cc(-n3cc(Br)c(Br)n3)c(C)c2)cc1. The van der Waals surface area contributed by atoms with Crippen LogP contribution in [0.4, 0.5) is 13.2 Å². The Morgan fingerprint density at radius 2 is 1.68 bits per heavy atom. The van der Waals surface area contributed by atoms with Gasteiger partial charge in [0.2, 0.25) is 0 Å². The Bertz CT molecular complexity index is 1260. The van der Waals surface area contributed by atoms with Crippen LogP contribution in [0.5, 0.6) is 0 Å². The predicted octanol–water partition coefficient (Wildman–Crippen LogP) is 7.45. The summed E-state index contributed by atoms with van der Waals surface area (Å²) in [6.45, 7) is 3.77. The smallest absolute Gasteiger partial charge is 0.238 e. The van der Waals surface area contributed by atoms with Crippen LogP contribution < -0.4 is 0 Å². The highest BCUT2D eigenvalue weighted by Gasteiger charge is 2.39. The molecule has 0 aliphatic carbocycles. The van der Waals surface area contributed by atoms with Crippen molar-refractivity contribution < 1.29 is 13.2 Å². The molecular formula is C21H13Br3F3N4. The molecule has 31 heavy (non-hydrogen) atoms. The Hall–Kier alpha value is -1.91. The maximum absolute atomic E-state index is 13.6. The summed E-state index contributed by atoms with van der Waals surface area (Å²) in [5.41, 5.74) is 2.86. The Balaban J connectivity index is 1.89. The molecular weight excluding hydrogens is 605 g/mol. The van der Waals surface area contributed by atoms with Gasteiger partial charge in [0.1, 0.15) is 4.60 Å². The molecule has 0 amide bonds. The highest BCUT2D eigenvalue weighted by molar-refractivity contribution is 9.13. The first-order valence-electron chi connectivity index (χ1n) is 8.92. The zero-order valence-electron chi connectivity index (χ0n) is 16.1. The minimum atomic E-state index is -4.61. The molecule has 0 saturated carbocycles. The molecule has 2 aromatic heterocycles. The van der Waals surface area contributed by atoms with E-state index in [1.165, 1.54) is 4.68 Å². The lowest BCUT2D eigenvalue weighted by atomic mass is 10.1. The molecule has 0 fully saturated rings. The van der Waals surface area contributed by atoms with Gasteiger partial charge >= 0.3 is 6.18 Å². The van der Waals surface area contributed by atoms with Gasteiger partial charge in [-0.3, -0.25) is 0 Å². The fourth-order valence-electron chi connectivity index (χ4n) is 3.12. The fourth-order valence-corrected chi connectivity index (χ4v) is 4.36. The van der Waals surface area contributed by atoms with Gasteiger partial charge in [0.05, 0.1) is 26.0 Å². The molecule has 2 aromatic carbocycles. The first-order valence-corrected chi connectivity index (χ1v) is 11.3. The summed E-state index contributed by atoms with van der Waals surface area (Å²) in [4.78, 5) is 0. The number of alkyl halides is 3. The second-order valence-corrected chi connectivity index (χ2v) is 9.28. The lowest BCUT2D eigenvalue weighted by molar-refractivity contribution is -0.141. The van der Waals surface area contributed by atoms with Crippen LogP contribution in [0, 0.1) is 19.9 Å². The van der Waals surface area contributed by atoms with Crippen molar-refractivity contribution in [1.29, 1.82) is 0 Å². The minimum Gasteiger partial charge on any atom is -0.238 e. The van der Waals surface area contributed by atoms with E-state index < -0.39 is 11.9 Å². The van der Waals surface area contributed by atoms with E-state index in [4.69, 9.17) is 0 Å². The van der Waals surface area contributed by atoms with Gasteiger partial charge in [-0.05, 0) is 79.3 Å². The van der Waals surface area contributed by atoms with Crippen molar-refractivity contribution in [3.05, 3.63) is 79.0 Å². The van der Waals surface area contributed by atoms with Crippen LogP contribution in [-0.2, 0) is 6.18 Å². The van der Waals surface area contributed by atoms with Crippen LogP contribution in [0.2, 0.25) is 0 Å². The number of rotatable bonds is 3. The van der Waals surface area contributed by atoms with Crippen molar-refractivity contribution in [2.24, 2.45) is 0 Å². The number of halogens is 6. The molecule has 0 bridgehead atoms. The zero-order valence-corrected chi connectivity index (χ0v) is 20.9. The van der Waals surface area contributed by atoms with Crippen molar-refractivity contribution in [1.82, 2.24) is 19.6 Å². The van der Waals surface area contributed by atoms with E-state index in [-0.39, 0.29) is 4.47 Å². The van der Waals surface area contributed by atoms with Crippen molar-refractivity contribution in [2.75, 3.05) is 0 Å². The van der Waals surface area contributed by atoms with Gasteiger partial charge in [0, 0.05) is 17.8 Å². The molecule has 0 spiro atoms. The van der Waals surface area contributed by atoms with Gasteiger partial charge < -0.3 is 0 Å². The highest BCUT2D eigenvalue weighted by atomic mass is 79.9. The maximum atomic E-state index is 13.6. The summed E-state index contributed by atoms with van der Waals surface area (Å²) >= 11 is 9.87. The number of aryl methyl sites for hydroxylation is 2. The monoisotopic (exact) mass is 615 g/mol. The van der Waals surface area contributed by atoms with Gasteiger partial charge in [0.25, 0.3) is 0 Å². The largest absolute Gasteiger partial charge is 0.436 e. The summed E-state index contributed by atoms with van der Waals surface area (Å²) < 4.78 is 45.1. The van der Waals surface area contributed by atoms with Gasteiger partial charge in [-0.2, -0.15) is 23.4 Å². The molecule has 0 atom stereocenters. The average Bonchev–Trinajstić information content (AvgIpc) is 3.21. The van der Waals surface area contributed by atoms with Gasteiger partial charge in [-0.25, -0.2) is 9.36 Å². The molecule has 0 aliphatic rings. The summed E-state index contributed by atoms with van der Waals surface area (Å²) in [5, 5.41) is 8.24. The van der Waals surface area contributed by atoms with Crippen molar-refractivity contribution >= 4 is 47.8 Å². The second-order valence-electron chi connectivity index (χ2n) is 6.89. The fraction of sp³-hybridized carbons (Fsp3) is 0.143. The molecule has 0 N–H and O–H groups in total. The number of hydrogen-bond acceptors (Lipinski definition) is 2. The molecule has 0 saturated heterocycles. The topological polar surface area (TPSA) is 35.6 Å². The Labute approximate surface area is 201 Å². The van der Waals surface area contributed by atoms with Crippen molar-refractivity contribution in [2.45, 2.75) is 20.0 Å². The second kappa shape index (κ2) is 8.22. The van der Waals surface area contributed by atoms with Gasteiger partial charge in [-0.1, -0.05) is 29.8 Å². The van der Waals surface area contributed by atoms with E-state index >= 15 is 0 Å². The number of aromatic nitrogens is 4. The molecule has 159 valence electrons. The average molecular weight is 618 g/mol. The van der Waals surface area contributed by atoms with E-state index in [2.05, 4.69) is 64.1 Å². The summed E-state index contributed by atoms with van der Waals surface area (Å²) in [5.74, 6) is 0. The summed E-state index contributed by atoms with van der Waals surface area (Å²) in [6.07, 6.45) is -2.82. The quantitative estimate of drug-likeness (QED) is 0.239. The lowest BCUT2D eigenvalue weighted by Gasteiger charge is -2.12. The molecule has 0 unspecified atom stereocenters. The number of nitrogens with zero attached hydrogens (tertiary/aromatic N) is 4. The first-order chi connectivity index (χ1) is 14.6. The van der Waals surface area contributed by atoms with Gasteiger partial charge in [-0.15, -0.1) is 0 Å². The highest BCUT2D eigenvalue weighted by Crippen LogP contribution is 2.41. The molecule has 0 aliphatic heterocycles. The molecule has 10 heteroatoms. The normalized spacial score (nSPS) is 11.9. The maximum Gasteiger partial charge on any atom is 0.436 e. The van der Waals surface area contributed by atoms with Crippen LogP contribution in [0.25, 0.3) is 22.6 Å². The third kappa shape index (κ3) is 4.25. The number of hydrogen-bond donors (Lipinski definition) is 0. The van der Waals surface area contributed by atoms with E-state index in [1.807, 2.05) is 26.0 Å². The summed E-state index contributed by atoms with van der Waals surface area (Å²) in [6, 6.07) is 13.7. The van der Waals surface area contributed by atoms with Crippen LogP contribution >= 0.6 is 47.8 Å². The van der Waals surface area contributed by atoms with Crippen molar-refractivity contribution in [3.63, 3.8) is 0 Å². The molecule has 4 nitrogen and oxygen atoms in total. The molecule has 4 rings (SSSR count). The van der Waals surface area contributed by atoms with Crippen molar-refractivity contribution in [3.8, 4) is 22.6 Å². The van der Waals surface area contributed by atoms with Crippen LogP contribution in [-0.4, -0.2) is 19.6 Å². The summed E-state index contributed by atoms with van der Waals surface area (Å²) in [7, 11) is 0. The van der Waals surface area contributed by atoms with E-state index in [0.717, 1.165) is 21.3 Å². The first kappa shape index (κ1) is 22.3. The third-order valence-corrected chi connectivity index (χ3v) is 7.09. The van der Waals surface area contributed by atoms with E-state index in [1.54, 1.807) is 35.1 Å².